The van der Waals surface area contributed by atoms with Gasteiger partial charge in [-0.1, -0.05) is 0 Å². The van der Waals surface area contributed by atoms with Crippen molar-refractivity contribution in [1.29, 1.82) is 0 Å². The molecular formula is C12H17N3O4. The van der Waals surface area contributed by atoms with Crippen molar-refractivity contribution in [3.8, 4) is 0 Å². The molecule has 1 aromatic heterocycles. The number of aryl methyl sites for hydroxylation is 1. The zero-order valence-corrected chi connectivity index (χ0v) is 10.9. The molecule has 7 nitrogen and oxygen atoms in total. The van der Waals surface area contributed by atoms with Crippen molar-refractivity contribution < 1.29 is 19.7 Å². The molecule has 0 bridgehead atoms. The van der Waals surface area contributed by atoms with Crippen molar-refractivity contribution in [3.63, 3.8) is 0 Å². The molecule has 0 spiro atoms. The Bertz CT molecular complexity index is 468. The largest absolute Gasteiger partial charge is 0.388 e. The maximum Gasteiger partial charge on any atom is 0.274 e. The summed E-state index contributed by atoms with van der Waals surface area (Å²) in [7, 11) is 1.54. The number of rotatable bonds is 2. The van der Waals surface area contributed by atoms with Crippen molar-refractivity contribution in [2.75, 3.05) is 20.3 Å². The Hall–Kier alpha value is -1.57. The van der Waals surface area contributed by atoms with Gasteiger partial charge in [0.1, 0.15) is 17.9 Å². The zero-order chi connectivity index (χ0) is 14.0. The highest BCUT2D eigenvalue weighted by atomic mass is 16.5. The molecule has 7 heteroatoms. The van der Waals surface area contributed by atoms with Crippen LogP contribution in [0, 0.1) is 6.92 Å². The molecule has 0 radical (unpaired) electrons. The smallest absolute Gasteiger partial charge is 0.274 e. The molecule has 1 aliphatic heterocycles. The Balaban J connectivity index is 2.14. The zero-order valence-electron chi connectivity index (χ0n) is 10.9. The quantitative estimate of drug-likeness (QED) is 0.712. The fourth-order valence-electron chi connectivity index (χ4n) is 2.00. The molecule has 104 valence electrons. The topological polar surface area (TPSA) is 95.8 Å². The summed E-state index contributed by atoms with van der Waals surface area (Å²) in [6.45, 7) is 2.00. The number of aliphatic hydroxyl groups excluding tert-OH is 2. The maximum absolute atomic E-state index is 12.2. The predicted octanol–water partition coefficient (Wildman–Crippen LogP) is -1.02. The standard InChI is InChI=1S/C12H17N3O4/c1-7-3-13-4-8(14-7)12(18)15(2)9-5-19-6-10(16)11(9)17/h3-4,9-11,16-17H,5-6H2,1-2H3/t9-,10-,11+/m1/s1. The summed E-state index contributed by atoms with van der Waals surface area (Å²) in [4.78, 5) is 21.6. The lowest BCUT2D eigenvalue weighted by Crippen LogP contribution is -2.56. The van der Waals surface area contributed by atoms with Gasteiger partial charge >= 0.3 is 0 Å². The van der Waals surface area contributed by atoms with Crippen LogP contribution in [-0.4, -0.2) is 69.5 Å². The van der Waals surface area contributed by atoms with E-state index < -0.39 is 18.2 Å². The van der Waals surface area contributed by atoms with Gasteiger partial charge in [0.15, 0.2) is 0 Å². The van der Waals surface area contributed by atoms with E-state index in [0.29, 0.717) is 5.69 Å². The third-order valence-electron chi connectivity index (χ3n) is 3.16. The van der Waals surface area contributed by atoms with Crippen LogP contribution in [-0.2, 0) is 4.74 Å². The fourth-order valence-corrected chi connectivity index (χ4v) is 2.00. The first-order chi connectivity index (χ1) is 9.00. The van der Waals surface area contributed by atoms with Crippen molar-refractivity contribution in [2.24, 2.45) is 0 Å². The van der Waals surface area contributed by atoms with Gasteiger partial charge in [-0.2, -0.15) is 0 Å². The Kier molecular flexibility index (Phi) is 4.08. The number of hydrogen-bond acceptors (Lipinski definition) is 6. The summed E-state index contributed by atoms with van der Waals surface area (Å²) in [6.07, 6.45) is 0.912. The lowest BCUT2D eigenvalue weighted by molar-refractivity contribution is -0.122. The molecule has 0 aromatic carbocycles. The maximum atomic E-state index is 12.2. The van der Waals surface area contributed by atoms with Gasteiger partial charge in [-0.3, -0.25) is 9.78 Å². The van der Waals surface area contributed by atoms with E-state index in [0.717, 1.165) is 0 Å². The molecule has 0 unspecified atom stereocenters. The molecule has 19 heavy (non-hydrogen) atoms. The van der Waals surface area contributed by atoms with E-state index in [9.17, 15) is 15.0 Å². The van der Waals surface area contributed by atoms with Gasteiger partial charge in [-0.05, 0) is 6.92 Å². The minimum atomic E-state index is -1.03. The lowest BCUT2D eigenvalue weighted by Gasteiger charge is -2.37. The minimum Gasteiger partial charge on any atom is -0.388 e. The first-order valence-electron chi connectivity index (χ1n) is 6.00. The molecule has 1 fully saturated rings. The summed E-state index contributed by atoms with van der Waals surface area (Å²) in [5.41, 5.74) is 0.842. The first-order valence-corrected chi connectivity index (χ1v) is 6.00. The lowest BCUT2D eigenvalue weighted by atomic mass is 10.0. The molecular weight excluding hydrogens is 250 g/mol. The molecule has 1 saturated heterocycles. The van der Waals surface area contributed by atoms with Crippen LogP contribution in [0.5, 0.6) is 0 Å². The number of nitrogens with zero attached hydrogens (tertiary/aromatic N) is 3. The van der Waals surface area contributed by atoms with Crippen LogP contribution in [0.15, 0.2) is 12.4 Å². The van der Waals surface area contributed by atoms with Crippen LogP contribution >= 0.6 is 0 Å². The third-order valence-corrected chi connectivity index (χ3v) is 3.16. The van der Waals surface area contributed by atoms with E-state index in [2.05, 4.69) is 9.97 Å². The number of carbonyl (C=O) groups is 1. The Morgan fingerprint density at radius 1 is 1.42 bits per heavy atom. The van der Waals surface area contributed by atoms with Gasteiger partial charge in [0.25, 0.3) is 5.91 Å². The SMILES string of the molecule is Cc1cncc(C(=O)N(C)[C@@H]2COC[C@@H](O)[C@H]2O)n1. The second-order valence-corrected chi connectivity index (χ2v) is 4.62. The van der Waals surface area contributed by atoms with Crippen LogP contribution in [0.2, 0.25) is 0 Å². The molecule has 1 amide bonds. The normalized spacial score (nSPS) is 27.1. The fraction of sp³-hybridized carbons (Fsp3) is 0.583. The Morgan fingerprint density at radius 3 is 2.84 bits per heavy atom. The second kappa shape index (κ2) is 5.60. The summed E-state index contributed by atoms with van der Waals surface area (Å²) in [5.74, 6) is -0.363. The van der Waals surface area contributed by atoms with E-state index in [1.807, 2.05) is 0 Å². The number of ether oxygens (including phenoxy) is 1. The molecule has 1 aromatic rings. The van der Waals surface area contributed by atoms with E-state index in [4.69, 9.17) is 4.74 Å². The molecule has 2 N–H and O–H groups in total. The summed E-state index contributed by atoms with van der Waals surface area (Å²) < 4.78 is 5.16. The number of hydrogen-bond donors (Lipinski definition) is 2. The van der Waals surface area contributed by atoms with Crippen molar-refractivity contribution in [2.45, 2.75) is 25.2 Å². The number of amides is 1. The average Bonchev–Trinajstić information content (AvgIpc) is 2.40. The van der Waals surface area contributed by atoms with Crippen molar-refractivity contribution in [1.82, 2.24) is 14.9 Å². The van der Waals surface area contributed by atoms with Gasteiger partial charge in [-0.15, -0.1) is 0 Å². The molecule has 0 saturated carbocycles. The van der Waals surface area contributed by atoms with E-state index in [1.54, 1.807) is 20.2 Å². The molecule has 1 aliphatic rings. The first kappa shape index (κ1) is 13.9. The number of aliphatic hydroxyl groups is 2. The predicted molar refractivity (Wildman–Crippen MR) is 65.5 cm³/mol. The third kappa shape index (κ3) is 2.89. The van der Waals surface area contributed by atoms with Crippen LogP contribution in [0.1, 0.15) is 16.2 Å². The van der Waals surface area contributed by atoms with Crippen LogP contribution in [0.4, 0.5) is 0 Å². The van der Waals surface area contributed by atoms with E-state index in [-0.39, 0.29) is 24.8 Å². The van der Waals surface area contributed by atoms with Crippen molar-refractivity contribution in [3.05, 3.63) is 23.8 Å². The Morgan fingerprint density at radius 2 is 2.16 bits per heavy atom. The average molecular weight is 267 g/mol. The summed E-state index contributed by atoms with van der Waals surface area (Å²) in [5, 5.41) is 19.5. The highest BCUT2D eigenvalue weighted by molar-refractivity contribution is 5.92. The molecule has 2 rings (SSSR count). The van der Waals surface area contributed by atoms with E-state index in [1.165, 1.54) is 11.1 Å². The monoisotopic (exact) mass is 267 g/mol. The van der Waals surface area contributed by atoms with Crippen molar-refractivity contribution >= 4 is 5.91 Å². The second-order valence-electron chi connectivity index (χ2n) is 4.62. The van der Waals surface area contributed by atoms with Crippen LogP contribution < -0.4 is 0 Å². The Labute approximate surface area is 110 Å². The minimum absolute atomic E-state index is 0.0734. The summed E-state index contributed by atoms with van der Waals surface area (Å²) >= 11 is 0. The van der Waals surface area contributed by atoms with Crippen LogP contribution in [0.3, 0.4) is 0 Å². The highest BCUT2D eigenvalue weighted by Gasteiger charge is 2.36. The van der Waals surface area contributed by atoms with E-state index >= 15 is 0 Å². The van der Waals surface area contributed by atoms with Gasteiger partial charge in [0.2, 0.25) is 0 Å². The van der Waals surface area contributed by atoms with Gasteiger partial charge in [0, 0.05) is 13.2 Å². The number of aromatic nitrogens is 2. The van der Waals surface area contributed by atoms with Gasteiger partial charge < -0.3 is 19.8 Å². The van der Waals surface area contributed by atoms with Gasteiger partial charge in [-0.25, -0.2) is 4.98 Å². The number of carbonyl (C=O) groups excluding carboxylic acids is 1. The van der Waals surface area contributed by atoms with Crippen LogP contribution in [0.25, 0.3) is 0 Å². The molecule has 0 aliphatic carbocycles. The number of likely N-dealkylation sites (N-methyl/N-ethyl adjacent to an activating group) is 1. The highest BCUT2D eigenvalue weighted by Crippen LogP contribution is 2.15. The molecule has 2 heterocycles. The van der Waals surface area contributed by atoms with Gasteiger partial charge in [0.05, 0.1) is 31.1 Å². The summed E-state index contributed by atoms with van der Waals surface area (Å²) in [6, 6.07) is -0.599. The molecule has 3 atom stereocenters.